The molecule has 5 aromatic rings. The Labute approximate surface area is 195 Å². The van der Waals surface area contributed by atoms with E-state index in [1.807, 2.05) is 0 Å². The molecule has 0 bridgehead atoms. The van der Waals surface area contributed by atoms with Gasteiger partial charge < -0.3 is 0 Å². The largest absolute Gasteiger partial charge is 0.0725 e. The van der Waals surface area contributed by atoms with Gasteiger partial charge in [0.25, 0.3) is 0 Å². The minimum atomic E-state index is -0.352. The molecular formula is C33H24. The van der Waals surface area contributed by atoms with Crippen molar-refractivity contribution in [1.29, 1.82) is 0 Å². The summed E-state index contributed by atoms with van der Waals surface area (Å²) in [6.45, 7) is 4.43. The highest BCUT2D eigenvalue weighted by Crippen LogP contribution is 2.61. The van der Waals surface area contributed by atoms with Gasteiger partial charge in [-0.25, -0.2) is 0 Å². The van der Waals surface area contributed by atoms with E-state index in [1.54, 1.807) is 0 Å². The van der Waals surface area contributed by atoms with E-state index < -0.39 is 0 Å². The minimum absolute atomic E-state index is 0.352. The van der Waals surface area contributed by atoms with Gasteiger partial charge in [-0.1, -0.05) is 120 Å². The molecule has 0 nitrogen and oxygen atoms in total. The van der Waals surface area contributed by atoms with E-state index >= 15 is 0 Å². The van der Waals surface area contributed by atoms with Crippen molar-refractivity contribution in [2.45, 2.75) is 19.3 Å². The van der Waals surface area contributed by atoms with Crippen LogP contribution in [0.3, 0.4) is 0 Å². The third kappa shape index (κ3) is 2.31. The van der Waals surface area contributed by atoms with Crippen molar-refractivity contribution in [3.05, 3.63) is 143 Å². The highest BCUT2D eigenvalue weighted by Gasteiger charge is 2.49. The van der Waals surface area contributed by atoms with Crippen LogP contribution in [-0.2, 0) is 5.41 Å². The van der Waals surface area contributed by atoms with Crippen molar-refractivity contribution in [3.63, 3.8) is 0 Å². The van der Waals surface area contributed by atoms with Crippen LogP contribution in [-0.4, -0.2) is 0 Å². The Kier molecular flexibility index (Phi) is 3.71. The van der Waals surface area contributed by atoms with Crippen LogP contribution < -0.4 is 0 Å². The molecule has 0 heteroatoms. The van der Waals surface area contributed by atoms with E-state index in [1.165, 1.54) is 66.8 Å². The fourth-order valence-electron chi connectivity index (χ4n) is 6.32. The molecule has 0 N–H and O–H groups in total. The molecule has 2 aliphatic carbocycles. The first kappa shape index (κ1) is 18.7. The van der Waals surface area contributed by atoms with Gasteiger partial charge in [-0.3, -0.25) is 0 Å². The lowest BCUT2D eigenvalue weighted by Crippen LogP contribution is -2.29. The van der Waals surface area contributed by atoms with Crippen LogP contribution in [0.1, 0.15) is 33.4 Å². The van der Waals surface area contributed by atoms with E-state index in [9.17, 15) is 0 Å². The molecule has 0 amide bonds. The summed E-state index contributed by atoms with van der Waals surface area (Å²) >= 11 is 0. The number of aryl methyl sites for hydroxylation is 2. The highest BCUT2D eigenvalue weighted by atomic mass is 14.5. The topological polar surface area (TPSA) is 0 Å². The summed E-state index contributed by atoms with van der Waals surface area (Å²) in [5, 5.41) is 0. The van der Waals surface area contributed by atoms with E-state index in [0.717, 1.165) is 0 Å². The van der Waals surface area contributed by atoms with Crippen LogP contribution in [0.2, 0.25) is 0 Å². The van der Waals surface area contributed by atoms with Gasteiger partial charge in [0.1, 0.15) is 0 Å². The van der Waals surface area contributed by atoms with E-state index in [0.29, 0.717) is 0 Å². The molecule has 0 unspecified atom stereocenters. The van der Waals surface area contributed by atoms with Crippen molar-refractivity contribution in [2.24, 2.45) is 0 Å². The third-order valence-electron chi connectivity index (χ3n) is 7.62. The van der Waals surface area contributed by atoms with Gasteiger partial charge in [0, 0.05) is 0 Å². The summed E-state index contributed by atoms with van der Waals surface area (Å²) in [5.41, 5.74) is 15.8. The monoisotopic (exact) mass is 420 g/mol. The van der Waals surface area contributed by atoms with Gasteiger partial charge >= 0.3 is 0 Å². The Bertz CT molecular complexity index is 1460. The number of hydrogen-bond acceptors (Lipinski definition) is 0. The van der Waals surface area contributed by atoms with Crippen LogP contribution in [0.25, 0.3) is 33.4 Å². The first-order valence-electron chi connectivity index (χ1n) is 11.7. The molecule has 1 spiro atoms. The summed E-state index contributed by atoms with van der Waals surface area (Å²) in [6, 6.07) is 41.0. The third-order valence-corrected chi connectivity index (χ3v) is 7.62. The fourth-order valence-corrected chi connectivity index (χ4v) is 6.32. The van der Waals surface area contributed by atoms with E-state index in [2.05, 4.69) is 123 Å². The lowest BCUT2D eigenvalue weighted by Gasteiger charge is -2.35. The standard InChI is InChI=1S/C33H24/c1-21-15-17-27-28-18-16-22(2)20-32(28)33(31(27)19-21)29-13-7-5-11-25(29)23-9-3-4-10-24(23)26-12-6-8-14-30(26)33/h3-20H,1-2H3. The Morgan fingerprint density at radius 1 is 0.364 bits per heavy atom. The zero-order chi connectivity index (χ0) is 22.2. The molecular weight excluding hydrogens is 396 g/mol. The van der Waals surface area contributed by atoms with Crippen LogP contribution in [0.15, 0.2) is 109 Å². The van der Waals surface area contributed by atoms with Crippen molar-refractivity contribution < 1.29 is 0 Å². The lowest BCUT2D eigenvalue weighted by molar-refractivity contribution is 0.773. The molecule has 33 heavy (non-hydrogen) atoms. The second kappa shape index (κ2) is 6.56. The second-order valence-corrected chi connectivity index (χ2v) is 9.48. The summed E-state index contributed by atoms with van der Waals surface area (Å²) < 4.78 is 0. The summed E-state index contributed by atoms with van der Waals surface area (Å²) in [6.07, 6.45) is 0. The maximum absolute atomic E-state index is 2.42. The summed E-state index contributed by atoms with van der Waals surface area (Å²) in [5.74, 6) is 0. The SMILES string of the molecule is Cc1ccc2c(c1)C1(c3ccccc3-c3ccccc3-c3ccccc31)c1cc(C)ccc1-2. The Morgan fingerprint density at radius 3 is 1.18 bits per heavy atom. The molecule has 156 valence electrons. The maximum atomic E-state index is 2.42. The molecule has 0 fully saturated rings. The van der Waals surface area contributed by atoms with Gasteiger partial charge in [0.2, 0.25) is 0 Å². The van der Waals surface area contributed by atoms with Crippen molar-refractivity contribution in [2.75, 3.05) is 0 Å². The Morgan fingerprint density at radius 2 is 0.727 bits per heavy atom. The van der Waals surface area contributed by atoms with Gasteiger partial charge in [0.15, 0.2) is 0 Å². The molecule has 2 aliphatic rings. The average Bonchev–Trinajstić information content (AvgIpc) is 3.06. The first-order chi connectivity index (χ1) is 16.2. The van der Waals surface area contributed by atoms with Gasteiger partial charge in [-0.2, -0.15) is 0 Å². The molecule has 0 saturated heterocycles. The minimum Gasteiger partial charge on any atom is -0.0619 e. The first-order valence-corrected chi connectivity index (χ1v) is 11.7. The molecule has 0 aliphatic heterocycles. The van der Waals surface area contributed by atoms with Crippen LogP contribution in [0.5, 0.6) is 0 Å². The van der Waals surface area contributed by atoms with Gasteiger partial charge in [-0.15, -0.1) is 0 Å². The number of benzene rings is 5. The number of hydrogen-bond donors (Lipinski definition) is 0. The zero-order valence-corrected chi connectivity index (χ0v) is 18.9. The molecule has 0 atom stereocenters. The van der Waals surface area contributed by atoms with Crippen molar-refractivity contribution >= 4 is 0 Å². The fraction of sp³-hybridized carbons (Fsp3) is 0.0909. The predicted octanol–water partition coefficient (Wildman–Crippen LogP) is 8.31. The van der Waals surface area contributed by atoms with Gasteiger partial charge in [0.05, 0.1) is 5.41 Å². The predicted molar refractivity (Wildman–Crippen MR) is 138 cm³/mol. The quantitative estimate of drug-likeness (QED) is 0.231. The van der Waals surface area contributed by atoms with Crippen molar-refractivity contribution in [1.82, 2.24) is 0 Å². The molecule has 0 heterocycles. The summed E-state index contributed by atoms with van der Waals surface area (Å²) in [4.78, 5) is 0. The van der Waals surface area contributed by atoms with E-state index in [4.69, 9.17) is 0 Å². The molecule has 7 rings (SSSR count). The van der Waals surface area contributed by atoms with Gasteiger partial charge in [-0.05, 0) is 69.5 Å². The van der Waals surface area contributed by atoms with Crippen molar-refractivity contribution in [3.8, 4) is 33.4 Å². The normalized spacial score (nSPS) is 14.0. The van der Waals surface area contributed by atoms with Crippen LogP contribution >= 0.6 is 0 Å². The van der Waals surface area contributed by atoms with E-state index in [-0.39, 0.29) is 5.41 Å². The maximum Gasteiger partial charge on any atom is 0.0725 e. The highest BCUT2D eigenvalue weighted by molar-refractivity contribution is 5.97. The molecule has 5 aromatic carbocycles. The Balaban J connectivity index is 1.78. The zero-order valence-electron chi connectivity index (χ0n) is 18.9. The molecule has 0 aromatic heterocycles. The molecule has 0 saturated carbocycles. The second-order valence-electron chi connectivity index (χ2n) is 9.48. The molecule has 0 radical (unpaired) electrons. The summed E-state index contributed by atoms with van der Waals surface area (Å²) in [7, 11) is 0. The smallest absolute Gasteiger partial charge is 0.0619 e. The number of fused-ring (bicyclic) bond motifs is 12. The Hall–Kier alpha value is -3.90. The average molecular weight is 421 g/mol. The van der Waals surface area contributed by atoms with Crippen LogP contribution in [0.4, 0.5) is 0 Å². The van der Waals surface area contributed by atoms with Crippen LogP contribution in [0, 0.1) is 13.8 Å². The lowest BCUT2D eigenvalue weighted by atomic mass is 9.65. The number of rotatable bonds is 0.